The van der Waals surface area contributed by atoms with E-state index in [1.165, 1.54) is 6.42 Å². The van der Waals surface area contributed by atoms with Crippen LogP contribution in [0.15, 0.2) is 12.1 Å². The lowest BCUT2D eigenvalue weighted by molar-refractivity contribution is -0.158. The molecule has 26 heavy (non-hydrogen) atoms. The van der Waals surface area contributed by atoms with Gasteiger partial charge in [0.25, 0.3) is 0 Å². The summed E-state index contributed by atoms with van der Waals surface area (Å²) in [5.74, 6) is 0.277. The summed E-state index contributed by atoms with van der Waals surface area (Å²) in [7, 11) is 0. The van der Waals surface area contributed by atoms with E-state index in [9.17, 15) is 9.90 Å². The molecule has 0 aromatic heterocycles. The molecule has 1 aliphatic rings. The number of ether oxygens (including phenoxy) is 1. The zero-order valence-corrected chi connectivity index (χ0v) is 17.7. The van der Waals surface area contributed by atoms with Gasteiger partial charge in [-0.15, -0.1) is 0 Å². The number of benzene rings is 1. The molecular formula is C23H36O3. The van der Waals surface area contributed by atoms with Crippen LogP contribution in [0.2, 0.25) is 0 Å². The minimum atomic E-state index is -0.338. The van der Waals surface area contributed by atoms with Crippen molar-refractivity contribution < 1.29 is 14.6 Å². The molecule has 0 heterocycles. The van der Waals surface area contributed by atoms with Crippen molar-refractivity contribution in [3.8, 4) is 5.75 Å². The first-order valence-corrected chi connectivity index (χ1v) is 9.89. The van der Waals surface area contributed by atoms with E-state index < -0.39 is 0 Å². The summed E-state index contributed by atoms with van der Waals surface area (Å²) in [6.07, 6.45) is 5.26. The summed E-state index contributed by atoms with van der Waals surface area (Å²) in [5.41, 5.74) is 2.05. The first kappa shape index (κ1) is 20.8. The van der Waals surface area contributed by atoms with E-state index in [1.54, 1.807) is 0 Å². The maximum atomic E-state index is 12.7. The second kappa shape index (κ2) is 7.25. The molecule has 3 heteroatoms. The fraction of sp³-hybridized carbons (Fsp3) is 0.696. The maximum absolute atomic E-state index is 12.7. The third kappa shape index (κ3) is 4.61. The molecule has 2 rings (SSSR count). The van der Waals surface area contributed by atoms with Gasteiger partial charge in [0.15, 0.2) is 0 Å². The van der Waals surface area contributed by atoms with E-state index in [4.69, 9.17) is 4.74 Å². The average molecular weight is 361 g/mol. The van der Waals surface area contributed by atoms with Crippen molar-refractivity contribution >= 4 is 5.97 Å². The van der Waals surface area contributed by atoms with Gasteiger partial charge in [-0.25, -0.2) is 0 Å². The fourth-order valence-corrected chi connectivity index (χ4v) is 3.78. The molecule has 146 valence electrons. The van der Waals surface area contributed by atoms with Crippen LogP contribution in [0.1, 0.15) is 97.3 Å². The Morgan fingerprint density at radius 1 is 1.00 bits per heavy atom. The lowest BCUT2D eigenvalue weighted by Crippen LogP contribution is -2.32. The molecule has 1 fully saturated rings. The summed E-state index contributed by atoms with van der Waals surface area (Å²) in [4.78, 5) is 12.7. The second-order valence-electron chi connectivity index (χ2n) is 10.2. The molecule has 0 radical (unpaired) electrons. The van der Waals surface area contributed by atoms with Crippen LogP contribution >= 0.6 is 0 Å². The normalized spacial score (nSPS) is 17.8. The first-order valence-electron chi connectivity index (χ1n) is 9.89. The Bertz CT molecular complexity index is 618. The number of carbonyl (C=O) groups is 1. The van der Waals surface area contributed by atoms with Crippen LogP contribution in [-0.4, -0.2) is 11.1 Å². The van der Waals surface area contributed by atoms with Crippen LogP contribution in [0.3, 0.4) is 0 Å². The maximum Gasteiger partial charge on any atom is 0.312 e. The summed E-state index contributed by atoms with van der Waals surface area (Å²) in [6, 6.07) is 3.97. The monoisotopic (exact) mass is 360 g/mol. The Morgan fingerprint density at radius 2 is 1.46 bits per heavy atom. The minimum Gasteiger partial charge on any atom is -0.507 e. The number of carbonyl (C=O) groups excluding carboxylic acids is 1. The molecule has 0 unspecified atom stereocenters. The number of rotatable bonds is 3. The quantitative estimate of drug-likeness (QED) is 0.672. The minimum absolute atomic E-state index is 0.0834. The number of hydrogen-bond donors (Lipinski definition) is 1. The van der Waals surface area contributed by atoms with Gasteiger partial charge in [-0.2, -0.15) is 0 Å². The highest BCUT2D eigenvalue weighted by atomic mass is 16.5. The Kier molecular flexibility index (Phi) is 5.80. The van der Waals surface area contributed by atoms with E-state index in [0.29, 0.717) is 5.75 Å². The largest absolute Gasteiger partial charge is 0.507 e. The summed E-state index contributed by atoms with van der Waals surface area (Å²) < 4.78 is 5.73. The van der Waals surface area contributed by atoms with Crippen molar-refractivity contribution in [1.82, 2.24) is 0 Å². The summed E-state index contributed by atoms with van der Waals surface area (Å²) in [6.45, 7) is 14.8. The Labute approximate surface area is 159 Å². The Hall–Kier alpha value is -1.51. The van der Waals surface area contributed by atoms with E-state index in [1.807, 2.05) is 19.1 Å². The van der Waals surface area contributed by atoms with Crippen LogP contribution in [0.4, 0.5) is 0 Å². The average Bonchev–Trinajstić information content (AvgIpc) is 2.52. The molecule has 0 atom stereocenters. The van der Waals surface area contributed by atoms with Crippen molar-refractivity contribution in [2.45, 2.75) is 98.0 Å². The molecular weight excluding hydrogens is 324 g/mol. The standard InChI is InChI=1S/C23H36O3/c1-21(2,3)17-13-16(14-18(19(17)24)22(4,5)6)15-26-20(25)23(7)11-9-8-10-12-23/h13-14,24H,8-12,15H2,1-7H3. The molecule has 0 aliphatic heterocycles. The zero-order chi connectivity index (χ0) is 19.8. The lowest BCUT2D eigenvalue weighted by atomic mass is 9.76. The third-order valence-corrected chi connectivity index (χ3v) is 5.61. The predicted molar refractivity (Wildman–Crippen MR) is 106 cm³/mol. The molecule has 0 bridgehead atoms. The van der Waals surface area contributed by atoms with Crippen LogP contribution in [0.5, 0.6) is 5.75 Å². The molecule has 1 N–H and O–H groups in total. The molecule has 0 spiro atoms. The van der Waals surface area contributed by atoms with Crippen LogP contribution in [0.25, 0.3) is 0 Å². The highest BCUT2D eigenvalue weighted by molar-refractivity contribution is 5.76. The smallest absolute Gasteiger partial charge is 0.312 e. The molecule has 1 saturated carbocycles. The van der Waals surface area contributed by atoms with Gasteiger partial charge in [-0.1, -0.05) is 60.8 Å². The Morgan fingerprint density at radius 3 is 1.88 bits per heavy atom. The van der Waals surface area contributed by atoms with Gasteiger partial charge >= 0.3 is 5.97 Å². The van der Waals surface area contributed by atoms with Gasteiger partial charge < -0.3 is 9.84 Å². The Balaban J connectivity index is 2.27. The first-order chi connectivity index (χ1) is 11.8. The fourth-order valence-electron chi connectivity index (χ4n) is 3.78. The van der Waals surface area contributed by atoms with Crippen molar-refractivity contribution in [3.63, 3.8) is 0 Å². The molecule has 1 aromatic carbocycles. The molecule has 1 aliphatic carbocycles. The van der Waals surface area contributed by atoms with E-state index in [0.717, 1.165) is 42.4 Å². The van der Waals surface area contributed by atoms with E-state index in [2.05, 4.69) is 41.5 Å². The highest BCUT2D eigenvalue weighted by Gasteiger charge is 2.36. The van der Waals surface area contributed by atoms with Crippen LogP contribution in [-0.2, 0) is 27.0 Å². The number of esters is 1. The van der Waals surface area contributed by atoms with Gasteiger partial charge in [0, 0.05) is 0 Å². The number of hydrogen-bond acceptors (Lipinski definition) is 3. The topological polar surface area (TPSA) is 46.5 Å². The number of phenols is 1. The second-order valence-corrected chi connectivity index (χ2v) is 10.2. The van der Waals surface area contributed by atoms with Gasteiger partial charge in [0.05, 0.1) is 5.41 Å². The number of aromatic hydroxyl groups is 1. The van der Waals surface area contributed by atoms with Crippen molar-refractivity contribution in [3.05, 3.63) is 28.8 Å². The zero-order valence-electron chi connectivity index (χ0n) is 17.7. The third-order valence-electron chi connectivity index (χ3n) is 5.61. The van der Waals surface area contributed by atoms with Gasteiger partial charge in [0.1, 0.15) is 12.4 Å². The van der Waals surface area contributed by atoms with Gasteiger partial charge in [-0.3, -0.25) is 4.79 Å². The van der Waals surface area contributed by atoms with Crippen LogP contribution in [0, 0.1) is 5.41 Å². The van der Waals surface area contributed by atoms with Crippen molar-refractivity contribution in [1.29, 1.82) is 0 Å². The van der Waals surface area contributed by atoms with Gasteiger partial charge in [0.2, 0.25) is 0 Å². The highest BCUT2D eigenvalue weighted by Crippen LogP contribution is 2.40. The molecule has 0 amide bonds. The molecule has 1 aromatic rings. The molecule has 0 saturated heterocycles. The number of phenolic OH excluding ortho intramolecular Hbond substituents is 1. The van der Waals surface area contributed by atoms with Crippen molar-refractivity contribution in [2.24, 2.45) is 5.41 Å². The van der Waals surface area contributed by atoms with Crippen LogP contribution < -0.4 is 0 Å². The molecule has 3 nitrogen and oxygen atoms in total. The van der Waals surface area contributed by atoms with Crippen molar-refractivity contribution in [2.75, 3.05) is 0 Å². The predicted octanol–water partition coefficient (Wildman–Crippen LogP) is 6.00. The lowest BCUT2D eigenvalue weighted by Gasteiger charge is -2.31. The summed E-state index contributed by atoms with van der Waals surface area (Å²) in [5, 5.41) is 10.8. The van der Waals surface area contributed by atoms with E-state index in [-0.39, 0.29) is 28.8 Å². The van der Waals surface area contributed by atoms with Gasteiger partial charge in [-0.05, 0) is 59.4 Å². The van der Waals surface area contributed by atoms with E-state index >= 15 is 0 Å². The summed E-state index contributed by atoms with van der Waals surface area (Å²) >= 11 is 0. The SMILES string of the molecule is CC1(C(=O)OCc2cc(C(C)(C)C)c(O)c(C(C)(C)C)c2)CCCCC1.